The van der Waals surface area contributed by atoms with Crippen molar-refractivity contribution in [3.63, 3.8) is 0 Å². The third-order valence-electron chi connectivity index (χ3n) is 3.11. The molecular weight excluding hydrogens is 260 g/mol. The van der Waals surface area contributed by atoms with Crippen LogP contribution in [0.5, 0.6) is 0 Å². The summed E-state index contributed by atoms with van der Waals surface area (Å²) in [7, 11) is 3.30. The molecule has 20 heavy (non-hydrogen) atoms. The molecule has 0 aliphatic carbocycles. The number of carbonyl (C=O) groups is 1. The molecule has 0 aliphatic heterocycles. The van der Waals surface area contributed by atoms with E-state index in [4.69, 9.17) is 19.9 Å². The Labute approximate surface area is 122 Å². The number of hydrogen-bond acceptors (Lipinski definition) is 5. The van der Waals surface area contributed by atoms with E-state index < -0.39 is 11.7 Å². The fourth-order valence-electron chi connectivity index (χ4n) is 1.79. The first-order chi connectivity index (χ1) is 9.28. The number of alkyl carbamates (subject to hydrolysis) is 1. The van der Waals surface area contributed by atoms with Gasteiger partial charge in [-0.2, -0.15) is 0 Å². The van der Waals surface area contributed by atoms with Gasteiger partial charge in [-0.15, -0.1) is 0 Å². The lowest BCUT2D eigenvalue weighted by molar-refractivity contribution is 0.0457. The summed E-state index contributed by atoms with van der Waals surface area (Å²) in [5.74, 6) is 0. The number of carbonyl (C=O) groups excluding carboxylic acids is 1. The zero-order chi connectivity index (χ0) is 15.6. The van der Waals surface area contributed by atoms with Crippen LogP contribution in [0.1, 0.15) is 33.6 Å². The van der Waals surface area contributed by atoms with Crippen LogP contribution >= 0.6 is 0 Å². The lowest BCUT2D eigenvalue weighted by Gasteiger charge is -2.33. The van der Waals surface area contributed by atoms with Gasteiger partial charge in [-0.05, 0) is 40.2 Å². The molecule has 0 radical (unpaired) electrons. The highest BCUT2D eigenvalue weighted by Crippen LogP contribution is 2.25. The molecule has 120 valence electrons. The van der Waals surface area contributed by atoms with E-state index in [1.807, 2.05) is 20.8 Å². The van der Waals surface area contributed by atoms with Crippen LogP contribution in [-0.4, -0.2) is 52.2 Å². The van der Waals surface area contributed by atoms with Crippen LogP contribution in [0, 0.1) is 5.41 Å². The van der Waals surface area contributed by atoms with Crippen molar-refractivity contribution in [1.82, 2.24) is 5.32 Å². The van der Waals surface area contributed by atoms with Crippen LogP contribution in [0.3, 0.4) is 0 Å². The number of methoxy groups -OCH3 is 2. The molecule has 0 unspecified atom stereocenters. The first kappa shape index (κ1) is 19.1. The molecule has 0 heterocycles. The third kappa shape index (κ3) is 8.35. The van der Waals surface area contributed by atoms with E-state index in [2.05, 4.69) is 5.32 Å². The van der Waals surface area contributed by atoms with Gasteiger partial charge in [0.05, 0.1) is 0 Å². The maximum Gasteiger partial charge on any atom is 0.407 e. The Hall–Kier alpha value is -0.850. The van der Waals surface area contributed by atoms with Crippen molar-refractivity contribution in [3.05, 3.63) is 0 Å². The highest BCUT2D eigenvalue weighted by atomic mass is 16.6. The van der Waals surface area contributed by atoms with Crippen molar-refractivity contribution in [2.24, 2.45) is 11.1 Å². The van der Waals surface area contributed by atoms with Crippen molar-refractivity contribution < 1.29 is 19.0 Å². The molecule has 3 N–H and O–H groups in total. The molecule has 1 amide bonds. The Kier molecular flexibility index (Phi) is 8.76. The minimum absolute atomic E-state index is 0.233. The van der Waals surface area contributed by atoms with Gasteiger partial charge in [0.15, 0.2) is 0 Å². The van der Waals surface area contributed by atoms with Crippen LogP contribution in [0.4, 0.5) is 4.79 Å². The van der Waals surface area contributed by atoms with Gasteiger partial charge in [-0.25, -0.2) is 4.79 Å². The second kappa shape index (κ2) is 9.15. The minimum Gasteiger partial charge on any atom is -0.444 e. The van der Waals surface area contributed by atoms with Gasteiger partial charge in [0, 0.05) is 39.4 Å². The third-order valence-corrected chi connectivity index (χ3v) is 3.11. The van der Waals surface area contributed by atoms with Crippen molar-refractivity contribution in [1.29, 1.82) is 0 Å². The Morgan fingerprint density at radius 3 is 1.95 bits per heavy atom. The summed E-state index contributed by atoms with van der Waals surface area (Å²) in [6, 6.07) is 0. The molecule has 0 aromatic carbocycles. The standard InChI is InChI=1S/C14H30N2O4/c1-13(2,3)20-12(17)16-11-14(10-15,6-8-18-4)7-9-19-5/h6-11,15H2,1-5H3,(H,16,17). The smallest absolute Gasteiger partial charge is 0.407 e. The van der Waals surface area contributed by atoms with Crippen LogP contribution < -0.4 is 11.1 Å². The van der Waals surface area contributed by atoms with Crippen LogP contribution in [0.25, 0.3) is 0 Å². The van der Waals surface area contributed by atoms with Gasteiger partial charge in [0.1, 0.15) is 5.60 Å². The summed E-state index contributed by atoms with van der Waals surface area (Å²) >= 11 is 0. The number of ether oxygens (including phenoxy) is 3. The van der Waals surface area contributed by atoms with Gasteiger partial charge in [0.2, 0.25) is 0 Å². The number of nitrogens with one attached hydrogen (secondary N) is 1. The molecular formula is C14H30N2O4. The van der Waals surface area contributed by atoms with E-state index in [1.54, 1.807) is 14.2 Å². The summed E-state index contributed by atoms with van der Waals surface area (Å²) in [5, 5.41) is 2.80. The molecule has 0 aromatic heterocycles. The molecule has 0 aromatic rings. The van der Waals surface area contributed by atoms with E-state index in [-0.39, 0.29) is 5.41 Å². The Morgan fingerprint density at radius 1 is 1.10 bits per heavy atom. The monoisotopic (exact) mass is 290 g/mol. The molecule has 6 heteroatoms. The lowest BCUT2D eigenvalue weighted by Crippen LogP contribution is -2.45. The molecule has 0 fully saturated rings. The first-order valence-corrected chi connectivity index (χ1v) is 6.93. The average molecular weight is 290 g/mol. The predicted molar refractivity (Wildman–Crippen MR) is 78.7 cm³/mol. The van der Waals surface area contributed by atoms with E-state index in [0.29, 0.717) is 26.3 Å². The summed E-state index contributed by atoms with van der Waals surface area (Å²) in [4.78, 5) is 11.7. The maximum atomic E-state index is 11.7. The highest BCUT2D eigenvalue weighted by molar-refractivity contribution is 5.67. The molecule has 0 aliphatic rings. The van der Waals surface area contributed by atoms with E-state index in [0.717, 1.165) is 12.8 Å². The van der Waals surface area contributed by atoms with Crippen molar-refractivity contribution >= 4 is 6.09 Å². The Bertz CT molecular complexity index is 269. The molecule has 0 atom stereocenters. The molecule has 0 saturated carbocycles. The number of amides is 1. The van der Waals surface area contributed by atoms with Gasteiger partial charge in [-0.1, -0.05) is 0 Å². The summed E-state index contributed by atoms with van der Waals surface area (Å²) < 4.78 is 15.5. The molecule has 0 saturated heterocycles. The Morgan fingerprint density at radius 2 is 1.60 bits per heavy atom. The van der Waals surface area contributed by atoms with Gasteiger partial charge >= 0.3 is 6.09 Å². The zero-order valence-electron chi connectivity index (χ0n) is 13.5. The summed E-state index contributed by atoms with van der Waals surface area (Å²) in [5.41, 5.74) is 5.16. The fraction of sp³-hybridized carbons (Fsp3) is 0.929. The van der Waals surface area contributed by atoms with Gasteiger partial charge < -0.3 is 25.3 Å². The van der Waals surface area contributed by atoms with E-state index >= 15 is 0 Å². The largest absolute Gasteiger partial charge is 0.444 e. The van der Waals surface area contributed by atoms with Gasteiger partial charge in [0.25, 0.3) is 0 Å². The second-order valence-corrected chi connectivity index (χ2v) is 6.05. The summed E-state index contributed by atoms with van der Waals surface area (Å²) in [6.45, 7) is 7.59. The molecule has 0 bridgehead atoms. The lowest BCUT2D eigenvalue weighted by atomic mass is 9.81. The molecule has 0 rings (SSSR count). The first-order valence-electron chi connectivity index (χ1n) is 6.93. The van der Waals surface area contributed by atoms with Crippen LogP contribution in [0.15, 0.2) is 0 Å². The fourth-order valence-corrected chi connectivity index (χ4v) is 1.79. The van der Waals surface area contributed by atoms with Crippen molar-refractivity contribution in [2.75, 3.05) is 40.5 Å². The molecule has 6 nitrogen and oxygen atoms in total. The minimum atomic E-state index is -0.505. The quantitative estimate of drug-likeness (QED) is 0.673. The van der Waals surface area contributed by atoms with E-state index in [1.165, 1.54) is 0 Å². The van der Waals surface area contributed by atoms with Gasteiger partial charge in [-0.3, -0.25) is 0 Å². The van der Waals surface area contributed by atoms with E-state index in [9.17, 15) is 4.79 Å². The Balaban J connectivity index is 4.50. The van der Waals surface area contributed by atoms with Crippen LogP contribution in [0.2, 0.25) is 0 Å². The van der Waals surface area contributed by atoms with Crippen molar-refractivity contribution in [3.8, 4) is 0 Å². The van der Waals surface area contributed by atoms with Crippen LogP contribution in [-0.2, 0) is 14.2 Å². The maximum absolute atomic E-state index is 11.7. The molecule has 0 spiro atoms. The average Bonchev–Trinajstić information content (AvgIpc) is 2.36. The second-order valence-electron chi connectivity index (χ2n) is 6.05. The highest BCUT2D eigenvalue weighted by Gasteiger charge is 2.29. The predicted octanol–water partition coefficient (Wildman–Crippen LogP) is 1.53. The topological polar surface area (TPSA) is 82.8 Å². The number of nitrogens with two attached hydrogens (primary N) is 1. The van der Waals surface area contributed by atoms with Crippen molar-refractivity contribution in [2.45, 2.75) is 39.2 Å². The number of rotatable bonds is 9. The zero-order valence-corrected chi connectivity index (χ0v) is 13.5. The SMILES string of the molecule is COCCC(CN)(CCOC)CNC(=O)OC(C)(C)C. The number of hydrogen-bond donors (Lipinski definition) is 2. The summed E-state index contributed by atoms with van der Waals surface area (Å²) in [6.07, 6.45) is 1.10. The normalized spacial score (nSPS) is 12.3.